The van der Waals surface area contributed by atoms with Gasteiger partial charge < -0.3 is 0 Å². The molecule has 2 heterocycles. The molecule has 0 aliphatic carbocycles. The molecule has 1 N–H and O–H groups in total. The zero-order valence-electron chi connectivity index (χ0n) is 5.75. The van der Waals surface area contributed by atoms with Crippen molar-refractivity contribution in [2.24, 2.45) is 0 Å². The van der Waals surface area contributed by atoms with E-state index in [1.54, 1.807) is 0 Å². The Hall–Kier alpha value is -0.720. The summed E-state index contributed by atoms with van der Waals surface area (Å²) >= 11 is 0. The Morgan fingerprint density at radius 3 is 3.50 bits per heavy atom. The van der Waals surface area contributed by atoms with Crippen LogP contribution in [0.2, 0.25) is 5.72 Å². The quantitative estimate of drug-likeness (QED) is 0.451. The van der Waals surface area contributed by atoms with E-state index in [0.29, 0.717) is 5.72 Å². The fourth-order valence-corrected chi connectivity index (χ4v) is 1.31. The van der Waals surface area contributed by atoms with Gasteiger partial charge in [0.05, 0.1) is 0 Å². The van der Waals surface area contributed by atoms with Crippen LogP contribution in [0.1, 0.15) is 0 Å². The number of allylic oxidation sites excluding steroid dienone is 4. The standard InChI is InChI=1S/C7H8B2N/c1-2-4-8-7-6(3-1)10-5-9-7/h1-4,7,10H,5H2. The van der Waals surface area contributed by atoms with E-state index in [0.717, 1.165) is 6.44 Å². The summed E-state index contributed by atoms with van der Waals surface area (Å²) in [5, 5.41) is 3.30. The van der Waals surface area contributed by atoms with E-state index < -0.39 is 0 Å². The monoisotopic (exact) mass is 128 g/mol. The molecule has 2 aliphatic rings. The number of nitrogens with one attached hydrogen (secondary N) is 1. The molecule has 2 aliphatic heterocycles. The Labute approximate surface area is 62.3 Å². The van der Waals surface area contributed by atoms with Gasteiger partial charge >= 0.3 is 61.6 Å². The van der Waals surface area contributed by atoms with Crippen LogP contribution >= 0.6 is 0 Å². The molecule has 1 atom stereocenters. The summed E-state index contributed by atoms with van der Waals surface area (Å²) in [6.45, 7) is 2.20. The second-order valence-corrected chi connectivity index (χ2v) is 2.53. The Morgan fingerprint density at radius 1 is 1.50 bits per heavy atom. The average Bonchev–Trinajstić information content (AvgIpc) is 2.28. The number of rotatable bonds is 0. The van der Waals surface area contributed by atoms with E-state index in [1.807, 2.05) is 0 Å². The first-order valence-corrected chi connectivity index (χ1v) is 3.59. The number of fused-ring (bicyclic) bond motifs is 1. The van der Waals surface area contributed by atoms with Crippen molar-refractivity contribution in [3.05, 3.63) is 23.9 Å². The summed E-state index contributed by atoms with van der Waals surface area (Å²) in [5.41, 5.74) is 1.86. The van der Waals surface area contributed by atoms with Crippen LogP contribution in [0.25, 0.3) is 0 Å². The van der Waals surface area contributed by atoms with E-state index in [1.165, 1.54) is 5.70 Å². The van der Waals surface area contributed by atoms with Crippen LogP contribution in [0.4, 0.5) is 0 Å². The molecule has 3 heteroatoms. The van der Waals surface area contributed by atoms with Crippen molar-refractivity contribution in [2.75, 3.05) is 6.44 Å². The van der Waals surface area contributed by atoms with Gasteiger partial charge in [-0.1, -0.05) is 0 Å². The molecule has 1 unspecified atom stereocenters. The fourth-order valence-electron chi connectivity index (χ4n) is 1.31. The van der Waals surface area contributed by atoms with Crippen LogP contribution in [0.5, 0.6) is 0 Å². The van der Waals surface area contributed by atoms with Gasteiger partial charge in [-0.2, -0.15) is 0 Å². The van der Waals surface area contributed by atoms with Gasteiger partial charge in [0.15, 0.2) is 0 Å². The summed E-state index contributed by atoms with van der Waals surface area (Å²) < 4.78 is 0. The van der Waals surface area contributed by atoms with Crippen LogP contribution in [0.3, 0.4) is 0 Å². The normalized spacial score (nSPS) is 27.2. The van der Waals surface area contributed by atoms with Crippen molar-refractivity contribution < 1.29 is 0 Å². The molecule has 2 rings (SSSR count). The van der Waals surface area contributed by atoms with Gasteiger partial charge in [0.25, 0.3) is 0 Å². The first-order valence-electron chi connectivity index (χ1n) is 3.59. The SMILES string of the molecule is [B]1CNC2=CC=CC=BC12. The first kappa shape index (κ1) is 6.02. The molecule has 0 saturated carbocycles. The average molecular weight is 128 g/mol. The summed E-state index contributed by atoms with van der Waals surface area (Å²) in [5.74, 6) is 2.09. The minimum atomic E-state index is 0.537. The molecule has 1 fully saturated rings. The third kappa shape index (κ3) is 0.961. The van der Waals surface area contributed by atoms with Gasteiger partial charge in [0.2, 0.25) is 0 Å². The second-order valence-electron chi connectivity index (χ2n) is 2.53. The summed E-state index contributed by atoms with van der Waals surface area (Å²) in [4.78, 5) is 0. The van der Waals surface area contributed by atoms with E-state index in [4.69, 9.17) is 0 Å². The van der Waals surface area contributed by atoms with E-state index in [9.17, 15) is 0 Å². The van der Waals surface area contributed by atoms with Gasteiger partial charge in [-0.15, -0.1) is 0 Å². The Morgan fingerprint density at radius 2 is 2.50 bits per heavy atom. The summed E-state index contributed by atoms with van der Waals surface area (Å²) in [7, 11) is 2.27. The zero-order valence-corrected chi connectivity index (χ0v) is 5.75. The molecule has 1 radical (unpaired) electrons. The molecule has 10 heavy (non-hydrogen) atoms. The topological polar surface area (TPSA) is 12.0 Å². The van der Waals surface area contributed by atoms with Crippen molar-refractivity contribution in [3.63, 3.8) is 0 Å². The molecule has 1 saturated heterocycles. The van der Waals surface area contributed by atoms with Gasteiger partial charge in [0.1, 0.15) is 0 Å². The van der Waals surface area contributed by atoms with Gasteiger partial charge in [-0.25, -0.2) is 0 Å². The van der Waals surface area contributed by atoms with E-state index in [2.05, 4.69) is 43.7 Å². The molecule has 0 aromatic heterocycles. The summed E-state index contributed by atoms with van der Waals surface area (Å²) in [6, 6.07) is 0. The molecule has 0 aromatic rings. The minimum absolute atomic E-state index is 0.537. The Bertz CT molecular complexity index is 218. The van der Waals surface area contributed by atoms with Crippen LogP contribution < -0.4 is 5.32 Å². The molecule has 0 aromatic carbocycles. The second kappa shape index (κ2) is 2.49. The molecule has 47 valence electrons. The molecule has 0 amide bonds. The van der Waals surface area contributed by atoms with E-state index in [-0.39, 0.29) is 0 Å². The molecular weight excluding hydrogens is 120 g/mol. The molecule has 0 spiro atoms. The maximum atomic E-state index is 3.30. The van der Waals surface area contributed by atoms with Gasteiger partial charge in [-0.3, -0.25) is 0 Å². The molecule has 1 nitrogen and oxygen atoms in total. The van der Waals surface area contributed by atoms with E-state index >= 15 is 0 Å². The zero-order chi connectivity index (χ0) is 6.81. The first-order chi connectivity index (χ1) is 4.97. The molecular formula is C7H8B2N. The number of hydrogen-bond acceptors (Lipinski definition) is 1. The summed E-state index contributed by atoms with van der Waals surface area (Å²) in [6.07, 6.45) is 7.27. The van der Waals surface area contributed by atoms with Crippen molar-refractivity contribution in [1.82, 2.24) is 5.32 Å². The molecule has 0 bridgehead atoms. The Balaban J connectivity index is 2.29. The van der Waals surface area contributed by atoms with Crippen LogP contribution in [-0.4, -0.2) is 26.6 Å². The van der Waals surface area contributed by atoms with Gasteiger partial charge in [-0.05, 0) is 0 Å². The van der Waals surface area contributed by atoms with Crippen molar-refractivity contribution in [2.45, 2.75) is 5.72 Å². The maximum absolute atomic E-state index is 3.30. The third-order valence-corrected chi connectivity index (χ3v) is 1.85. The predicted molar refractivity (Wildman–Crippen MR) is 46.5 cm³/mol. The number of hydrogen-bond donors (Lipinski definition) is 1. The van der Waals surface area contributed by atoms with Crippen molar-refractivity contribution in [1.29, 1.82) is 0 Å². The van der Waals surface area contributed by atoms with Crippen LogP contribution in [0, 0.1) is 0 Å². The van der Waals surface area contributed by atoms with Gasteiger partial charge in [0, 0.05) is 0 Å². The fraction of sp³-hybridized carbons (Fsp3) is 0.286. The van der Waals surface area contributed by atoms with Crippen LogP contribution in [0.15, 0.2) is 23.9 Å². The third-order valence-electron chi connectivity index (χ3n) is 1.85. The predicted octanol–water partition coefficient (Wildman–Crippen LogP) is -0.0426. The van der Waals surface area contributed by atoms with Crippen molar-refractivity contribution >= 4 is 20.2 Å². The van der Waals surface area contributed by atoms with Crippen LogP contribution in [-0.2, 0) is 0 Å². The van der Waals surface area contributed by atoms with Crippen molar-refractivity contribution in [3.8, 4) is 0 Å². The Kier molecular flexibility index (Phi) is 1.50.